The Hall–Kier alpha value is -2.42. The van der Waals surface area contributed by atoms with Crippen molar-refractivity contribution in [2.45, 2.75) is 31.3 Å². The van der Waals surface area contributed by atoms with Gasteiger partial charge >= 0.3 is 5.97 Å². The van der Waals surface area contributed by atoms with Gasteiger partial charge in [-0.15, -0.1) is 0 Å². The third-order valence-electron chi connectivity index (χ3n) is 3.64. The van der Waals surface area contributed by atoms with Crippen LogP contribution >= 0.6 is 0 Å². The SMILES string of the molecule is NCC(=O)N1CCCC1C(=O)NC(Cc1cnc[nH]1)C(=O)O. The fourth-order valence-corrected chi connectivity index (χ4v) is 2.54. The molecule has 1 aliphatic rings. The molecule has 9 heteroatoms. The number of nitrogens with zero attached hydrogens (tertiary/aromatic N) is 2. The molecule has 0 saturated carbocycles. The molecule has 120 valence electrons. The van der Waals surface area contributed by atoms with Crippen LogP contribution in [0, 0.1) is 0 Å². The first-order valence-electron chi connectivity index (χ1n) is 7.03. The van der Waals surface area contributed by atoms with E-state index in [9.17, 15) is 19.5 Å². The first-order valence-corrected chi connectivity index (χ1v) is 7.03. The molecule has 0 aliphatic carbocycles. The maximum atomic E-state index is 12.3. The lowest BCUT2D eigenvalue weighted by Gasteiger charge is -2.25. The fourth-order valence-electron chi connectivity index (χ4n) is 2.54. The Morgan fingerprint density at radius 1 is 1.55 bits per heavy atom. The summed E-state index contributed by atoms with van der Waals surface area (Å²) in [5, 5.41) is 11.7. The van der Waals surface area contributed by atoms with Crippen LogP contribution in [0.5, 0.6) is 0 Å². The molecule has 2 amide bonds. The van der Waals surface area contributed by atoms with Gasteiger partial charge in [-0.3, -0.25) is 9.59 Å². The van der Waals surface area contributed by atoms with E-state index in [0.717, 1.165) is 0 Å². The maximum Gasteiger partial charge on any atom is 0.326 e. The topological polar surface area (TPSA) is 141 Å². The zero-order valence-electron chi connectivity index (χ0n) is 12.0. The molecule has 1 aromatic heterocycles. The highest BCUT2D eigenvalue weighted by Crippen LogP contribution is 2.17. The van der Waals surface area contributed by atoms with Crippen molar-refractivity contribution in [2.75, 3.05) is 13.1 Å². The van der Waals surface area contributed by atoms with Crippen LogP contribution in [-0.2, 0) is 20.8 Å². The number of carboxylic acid groups (broad SMARTS) is 1. The van der Waals surface area contributed by atoms with E-state index in [4.69, 9.17) is 5.73 Å². The lowest BCUT2D eigenvalue weighted by Crippen LogP contribution is -2.52. The average molecular weight is 309 g/mol. The van der Waals surface area contributed by atoms with E-state index < -0.39 is 24.0 Å². The molecule has 22 heavy (non-hydrogen) atoms. The van der Waals surface area contributed by atoms with E-state index in [-0.39, 0.29) is 18.9 Å². The van der Waals surface area contributed by atoms with E-state index in [0.29, 0.717) is 25.1 Å². The van der Waals surface area contributed by atoms with Crippen LogP contribution in [-0.4, -0.2) is 62.9 Å². The van der Waals surface area contributed by atoms with Crippen molar-refractivity contribution in [3.8, 4) is 0 Å². The second-order valence-electron chi connectivity index (χ2n) is 5.13. The Bertz CT molecular complexity index is 545. The van der Waals surface area contributed by atoms with Crippen molar-refractivity contribution < 1.29 is 19.5 Å². The first kappa shape index (κ1) is 16.0. The number of hydrogen-bond acceptors (Lipinski definition) is 5. The zero-order chi connectivity index (χ0) is 16.1. The molecule has 0 radical (unpaired) electrons. The number of imidazole rings is 1. The first-order chi connectivity index (χ1) is 10.5. The van der Waals surface area contributed by atoms with Gasteiger partial charge in [-0.25, -0.2) is 9.78 Å². The van der Waals surface area contributed by atoms with Crippen LogP contribution in [0.3, 0.4) is 0 Å². The number of likely N-dealkylation sites (tertiary alicyclic amines) is 1. The van der Waals surface area contributed by atoms with Crippen molar-refractivity contribution in [1.82, 2.24) is 20.2 Å². The fraction of sp³-hybridized carbons (Fsp3) is 0.538. The summed E-state index contributed by atoms with van der Waals surface area (Å²) in [6, 6.07) is -1.73. The molecule has 2 unspecified atom stereocenters. The molecular weight excluding hydrogens is 290 g/mol. The highest BCUT2D eigenvalue weighted by molar-refractivity contribution is 5.91. The van der Waals surface area contributed by atoms with Gasteiger partial charge in [0.25, 0.3) is 0 Å². The summed E-state index contributed by atoms with van der Waals surface area (Å²) in [5.41, 5.74) is 5.93. The van der Waals surface area contributed by atoms with Crippen molar-refractivity contribution in [3.63, 3.8) is 0 Å². The maximum absolute atomic E-state index is 12.3. The summed E-state index contributed by atoms with van der Waals surface area (Å²) < 4.78 is 0. The minimum absolute atomic E-state index is 0.0959. The number of aliphatic carboxylic acids is 1. The number of carboxylic acids is 1. The summed E-state index contributed by atoms with van der Waals surface area (Å²) in [6.07, 6.45) is 4.24. The Balaban J connectivity index is 2.01. The minimum atomic E-state index is -1.14. The standard InChI is InChI=1S/C13H19N5O4/c14-5-11(19)18-3-1-2-10(18)12(20)17-9(13(21)22)4-8-6-15-7-16-8/h6-7,9-10H,1-5,14H2,(H,15,16)(H,17,20)(H,21,22). The van der Waals surface area contributed by atoms with Gasteiger partial charge < -0.3 is 26.0 Å². The molecule has 0 aromatic carbocycles. The number of carbonyl (C=O) groups is 3. The van der Waals surface area contributed by atoms with Crippen LogP contribution in [0.25, 0.3) is 0 Å². The van der Waals surface area contributed by atoms with Crippen molar-refractivity contribution in [1.29, 1.82) is 0 Å². The number of carbonyl (C=O) groups excluding carboxylic acids is 2. The molecule has 2 heterocycles. The van der Waals surface area contributed by atoms with E-state index in [1.54, 1.807) is 0 Å². The van der Waals surface area contributed by atoms with Gasteiger partial charge in [0.2, 0.25) is 11.8 Å². The number of nitrogens with two attached hydrogens (primary N) is 1. The number of nitrogens with one attached hydrogen (secondary N) is 2. The van der Waals surface area contributed by atoms with Gasteiger partial charge in [0.05, 0.1) is 12.9 Å². The molecule has 1 saturated heterocycles. The Morgan fingerprint density at radius 3 is 2.91 bits per heavy atom. The number of amides is 2. The van der Waals surface area contributed by atoms with Crippen LogP contribution < -0.4 is 11.1 Å². The monoisotopic (exact) mass is 309 g/mol. The van der Waals surface area contributed by atoms with Crippen LogP contribution in [0.1, 0.15) is 18.5 Å². The second-order valence-corrected chi connectivity index (χ2v) is 5.13. The summed E-state index contributed by atoms with van der Waals surface area (Å²) in [5.74, 6) is -1.91. The predicted octanol–water partition coefficient (Wildman–Crippen LogP) is -1.53. The van der Waals surface area contributed by atoms with Gasteiger partial charge in [-0.05, 0) is 12.8 Å². The van der Waals surface area contributed by atoms with Gasteiger partial charge in [0.15, 0.2) is 0 Å². The molecule has 0 spiro atoms. The molecule has 1 aliphatic heterocycles. The largest absolute Gasteiger partial charge is 0.480 e. The highest BCUT2D eigenvalue weighted by Gasteiger charge is 2.35. The van der Waals surface area contributed by atoms with E-state index in [2.05, 4.69) is 15.3 Å². The van der Waals surface area contributed by atoms with Crippen molar-refractivity contribution in [3.05, 3.63) is 18.2 Å². The van der Waals surface area contributed by atoms with Crippen LogP contribution in [0.4, 0.5) is 0 Å². The Labute approximate surface area is 126 Å². The molecule has 2 atom stereocenters. The van der Waals surface area contributed by atoms with Crippen LogP contribution in [0.2, 0.25) is 0 Å². The third-order valence-corrected chi connectivity index (χ3v) is 3.64. The number of hydrogen-bond donors (Lipinski definition) is 4. The van der Waals surface area contributed by atoms with Gasteiger partial charge in [0, 0.05) is 24.9 Å². The molecule has 1 fully saturated rings. The van der Waals surface area contributed by atoms with E-state index in [1.807, 2.05) is 0 Å². The summed E-state index contributed by atoms with van der Waals surface area (Å²) in [4.78, 5) is 43.3. The molecular formula is C13H19N5O4. The summed E-state index contributed by atoms with van der Waals surface area (Å²) in [6.45, 7) is 0.298. The number of H-pyrrole nitrogens is 1. The van der Waals surface area contributed by atoms with E-state index in [1.165, 1.54) is 17.4 Å². The molecule has 5 N–H and O–H groups in total. The van der Waals surface area contributed by atoms with Crippen molar-refractivity contribution in [2.24, 2.45) is 5.73 Å². The lowest BCUT2D eigenvalue weighted by molar-refractivity contribution is -0.143. The molecule has 2 rings (SSSR count). The highest BCUT2D eigenvalue weighted by atomic mass is 16.4. The molecule has 9 nitrogen and oxygen atoms in total. The summed E-state index contributed by atoms with van der Waals surface area (Å²) in [7, 11) is 0. The quantitative estimate of drug-likeness (QED) is 0.502. The normalized spacial score (nSPS) is 19.0. The van der Waals surface area contributed by atoms with Gasteiger partial charge in [-0.2, -0.15) is 0 Å². The second kappa shape index (κ2) is 7.03. The number of rotatable bonds is 6. The molecule has 0 bridgehead atoms. The average Bonchev–Trinajstić information content (AvgIpc) is 3.16. The van der Waals surface area contributed by atoms with Gasteiger partial charge in [-0.1, -0.05) is 0 Å². The molecule has 1 aromatic rings. The van der Waals surface area contributed by atoms with Crippen LogP contribution in [0.15, 0.2) is 12.5 Å². The Morgan fingerprint density at radius 2 is 2.32 bits per heavy atom. The van der Waals surface area contributed by atoms with Crippen molar-refractivity contribution >= 4 is 17.8 Å². The third kappa shape index (κ3) is 3.61. The number of aromatic amines is 1. The Kier molecular flexibility index (Phi) is 5.10. The lowest BCUT2D eigenvalue weighted by atomic mass is 10.1. The zero-order valence-corrected chi connectivity index (χ0v) is 12.0. The smallest absolute Gasteiger partial charge is 0.326 e. The van der Waals surface area contributed by atoms with E-state index >= 15 is 0 Å². The number of aromatic nitrogens is 2. The van der Waals surface area contributed by atoms with Gasteiger partial charge in [0.1, 0.15) is 12.1 Å². The minimum Gasteiger partial charge on any atom is -0.480 e. The summed E-state index contributed by atoms with van der Waals surface area (Å²) >= 11 is 0. The predicted molar refractivity (Wildman–Crippen MR) is 75.6 cm³/mol.